The van der Waals surface area contributed by atoms with E-state index in [0.717, 1.165) is 46.4 Å². The Balaban J connectivity index is 0.000000182. The monoisotopic (exact) mass is 688 g/mol. The number of fused-ring (bicyclic) bond motifs is 2. The average Bonchev–Trinajstić information content (AvgIpc) is 3.81. The van der Waals surface area contributed by atoms with E-state index in [4.69, 9.17) is 20.6 Å². The highest BCUT2D eigenvalue weighted by Crippen LogP contribution is 2.31. The zero-order valence-electron chi connectivity index (χ0n) is 26.8. The number of rotatable bonds is 6. The zero-order chi connectivity index (χ0) is 34.0. The Morgan fingerprint density at radius 3 is 2.04 bits per heavy atom. The molecule has 0 saturated carbocycles. The maximum atomic E-state index is 12.2. The maximum absolute atomic E-state index is 12.2. The predicted octanol–water partition coefficient (Wildman–Crippen LogP) is 6.16. The van der Waals surface area contributed by atoms with Crippen molar-refractivity contribution >= 4 is 50.1 Å². The summed E-state index contributed by atoms with van der Waals surface area (Å²) in [6, 6.07) is 14.3. The molecule has 15 heteroatoms. The molecular formula is C33H36N8O5S2. The van der Waals surface area contributed by atoms with Gasteiger partial charge in [0.15, 0.2) is 9.92 Å². The van der Waals surface area contributed by atoms with Crippen molar-refractivity contribution in [1.82, 2.24) is 28.6 Å². The fourth-order valence-electron chi connectivity index (χ4n) is 5.31. The molecule has 1 aliphatic rings. The van der Waals surface area contributed by atoms with Gasteiger partial charge in [0, 0.05) is 79.7 Å². The number of nitrogens with two attached hydrogens (primary N) is 1. The number of hydrogen-bond donors (Lipinski definition) is 2. The summed E-state index contributed by atoms with van der Waals surface area (Å²) in [5.41, 5.74) is 9.30. The Bertz CT molecular complexity index is 2000. The van der Waals surface area contributed by atoms with Crippen LogP contribution in [0.25, 0.3) is 32.4 Å². The van der Waals surface area contributed by atoms with Crippen LogP contribution in [0.2, 0.25) is 0 Å². The number of aliphatic hydroxyl groups is 1. The van der Waals surface area contributed by atoms with E-state index in [1.165, 1.54) is 22.3 Å². The van der Waals surface area contributed by atoms with Gasteiger partial charge in [0.2, 0.25) is 0 Å². The lowest BCUT2D eigenvalue weighted by atomic mass is 10.1. The molecule has 4 aromatic heterocycles. The fraction of sp³-hybridized carbons (Fsp3) is 0.303. The van der Waals surface area contributed by atoms with E-state index in [0.29, 0.717) is 29.3 Å². The number of amides is 1. The number of nitrogens with zero attached hydrogens (tertiary/aromatic N) is 7. The highest BCUT2D eigenvalue weighted by Gasteiger charge is 2.26. The highest BCUT2D eigenvalue weighted by molar-refractivity contribution is 7.17. The van der Waals surface area contributed by atoms with E-state index >= 15 is 0 Å². The van der Waals surface area contributed by atoms with Gasteiger partial charge in [0.25, 0.3) is 5.69 Å². The van der Waals surface area contributed by atoms with E-state index in [-0.39, 0.29) is 18.4 Å². The van der Waals surface area contributed by atoms with Crippen LogP contribution < -0.4 is 5.73 Å². The number of benzene rings is 2. The van der Waals surface area contributed by atoms with Gasteiger partial charge in [-0.25, -0.2) is 14.8 Å². The number of imidazole rings is 2. The first-order valence-corrected chi connectivity index (χ1v) is 17.0. The van der Waals surface area contributed by atoms with Crippen LogP contribution in [0.15, 0.2) is 73.3 Å². The Morgan fingerprint density at radius 2 is 1.46 bits per heavy atom. The molecule has 2 aromatic carbocycles. The molecule has 0 spiro atoms. The summed E-state index contributed by atoms with van der Waals surface area (Å²) in [7, 11) is 0. The summed E-state index contributed by atoms with van der Waals surface area (Å²) in [6.45, 7) is 9.57. The first-order valence-electron chi connectivity index (χ1n) is 15.3. The topological polar surface area (TPSA) is 157 Å². The molecule has 0 radical (unpaired) electrons. The second-order valence-corrected chi connectivity index (χ2v) is 14.5. The molecule has 5 heterocycles. The molecule has 1 amide bonds. The summed E-state index contributed by atoms with van der Waals surface area (Å²) >= 11 is 3.05. The van der Waals surface area contributed by atoms with Crippen molar-refractivity contribution in [3.63, 3.8) is 0 Å². The lowest BCUT2D eigenvalue weighted by molar-refractivity contribution is -0.384. The number of piperazine rings is 1. The molecule has 0 atom stereocenters. The van der Waals surface area contributed by atoms with E-state index < -0.39 is 10.5 Å². The number of aromatic nitrogens is 4. The summed E-state index contributed by atoms with van der Waals surface area (Å²) in [6.07, 6.45) is 7.44. The molecule has 0 aliphatic carbocycles. The summed E-state index contributed by atoms with van der Waals surface area (Å²) in [4.78, 5) is 39.8. The van der Waals surface area contributed by atoms with Crippen LogP contribution in [0.4, 0.5) is 16.2 Å². The second kappa shape index (κ2) is 13.7. The normalized spacial score (nSPS) is 13.9. The van der Waals surface area contributed by atoms with Gasteiger partial charge in [-0.15, -0.1) is 0 Å². The molecular weight excluding hydrogens is 653 g/mol. The second-order valence-electron chi connectivity index (χ2n) is 12.3. The van der Waals surface area contributed by atoms with Crippen LogP contribution in [0.1, 0.15) is 30.5 Å². The minimum Gasteiger partial charge on any atom is -0.444 e. The van der Waals surface area contributed by atoms with Gasteiger partial charge in [-0.3, -0.25) is 23.8 Å². The van der Waals surface area contributed by atoms with Crippen LogP contribution in [-0.4, -0.2) is 76.5 Å². The number of thiazole rings is 2. The van der Waals surface area contributed by atoms with Gasteiger partial charge >= 0.3 is 6.09 Å². The van der Waals surface area contributed by atoms with Crippen molar-refractivity contribution in [3.8, 4) is 22.5 Å². The molecule has 3 N–H and O–H groups in total. The maximum Gasteiger partial charge on any atom is 0.410 e. The molecule has 0 unspecified atom stereocenters. The van der Waals surface area contributed by atoms with Crippen molar-refractivity contribution < 1.29 is 19.6 Å². The van der Waals surface area contributed by atoms with Crippen molar-refractivity contribution in [2.24, 2.45) is 0 Å². The van der Waals surface area contributed by atoms with E-state index in [1.54, 1.807) is 51.2 Å². The number of aliphatic hydroxyl groups excluding tert-OH is 1. The number of anilines is 1. The van der Waals surface area contributed by atoms with Crippen molar-refractivity contribution in [2.45, 2.75) is 39.5 Å². The van der Waals surface area contributed by atoms with Crippen molar-refractivity contribution in [3.05, 3.63) is 93.2 Å². The predicted molar refractivity (Wildman–Crippen MR) is 187 cm³/mol. The highest BCUT2D eigenvalue weighted by atomic mass is 32.1. The lowest BCUT2D eigenvalue weighted by Crippen LogP contribution is -2.49. The molecule has 13 nitrogen and oxygen atoms in total. The SMILES string of the molecule is CC(C)(C)OC(=O)N1CCN(Cc2cn3cc(-c4ccccc4N)nc3s2)CC1.O=[N+]([O-])c1ccccc1-c1cn2cc(CO)sc2n1. The third-order valence-corrected chi connectivity index (χ3v) is 9.54. The van der Waals surface area contributed by atoms with E-state index in [1.807, 2.05) is 51.2 Å². The van der Waals surface area contributed by atoms with Crippen LogP contribution in [0, 0.1) is 10.1 Å². The van der Waals surface area contributed by atoms with Crippen LogP contribution in [-0.2, 0) is 17.9 Å². The Morgan fingerprint density at radius 1 is 0.896 bits per heavy atom. The van der Waals surface area contributed by atoms with Crippen LogP contribution in [0.3, 0.4) is 0 Å². The Kier molecular flexibility index (Phi) is 9.46. The van der Waals surface area contributed by atoms with Gasteiger partial charge in [-0.2, -0.15) is 0 Å². The Hall–Kier alpha value is -4.83. The fourth-order valence-corrected chi connectivity index (χ4v) is 7.13. The number of carbonyl (C=O) groups excluding carboxylic acids is 1. The largest absolute Gasteiger partial charge is 0.444 e. The third-order valence-electron chi connectivity index (χ3n) is 7.58. The van der Waals surface area contributed by atoms with Crippen molar-refractivity contribution in [1.29, 1.82) is 0 Å². The minimum atomic E-state index is -0.455. The zero-order valence-corrected chi connectivity index (χ0v) is 28.4. The van der Waals surface area contributed by atoms with Crippen LogP contribution in [0.5, 0.6) is 0 Å². The van der Waals surface area contributed by atoms with Crippen molar-refractivity contribution in [2.75, 3.05) is 31.9 Å². The van der Waals surface area contributed by atoms with E-state index in [2.05, 4.69) is 20.5 Å². The summed E-state index contributed by atoms with van der Waals surface area (Å²) in [5.74, 6) is 0. The minimum absolute atomic E-state index is 0.0329. The average molecular weight is 689 g/mol. The van der Waals surface area contributed by atoms with Gasteiger partial charge in [0.05, 0.1) is 33.4 Å². The summed E-state index contributed by atoms with van der Waals surface area (Å²) in [5, 5.41) is 20.0. The lowest BCUT2D eigenvalue weighted by Gasteiger charge is -2.35. The van der Waals surface area contributed by atoms with Gasteiger partial charge in [-0.05, 0) is 32.9 Å². The number of nitro benzene ring substituents is 1. The summed E-state index contributed by atoms with van der Waals surface area (Å²) < 4.78 is 9.30. The number of nitrogen functional groups attached to an aromatic ring is 1. The number of hydrogen-bond acceptors (Lipinski definition) is 11. The standard InChI is InChI=1S/C21H27N5O2S.C12H9N3O3S/c1-21(2,3)28-20(27)25-10-8-24(9-11-25)12-15-13-26-14-18(23-19(26)29-15)16-6-4-5-7-17(16)22;16-7-8-5-14-6-10(13-12(14)19-8)9-3-1-2-4-11(9)15(17)18/h4-7,13-14H,8-12,22H2,1-3H3;1-6,16H,7H2. The number of nitro groups is 1. The van der Waals surface area contributed by atoms with Gasteiger partial charge in [0.1, 0.15) is 5.60 Å². The molecule has 1 fully saturated rings. The first-order chi connectivity index (χ1) is 23.0. The van der Waals surface area contributed by atoms with Gasteiger partial charge < -0.3 is 20.5 Å². The number of carbonyl (C=O) groups is 1. The Labute approximate surface area is 284 Å². The van der Waals surface area contributed by atoms with E-state index in [9.17, 15) is 14.9 Å². The molecule has 6 aromatic rings. The third kappa shape index (κ3) is 7.49. The molecule has 250 valence electrons. The molecule has 1 saturated heterocycles. The van der Waals surface area contributed by atoms with Crippen LogP contribution >= 0.6 is 22.7 Å². The number of para-hydroxylation sites is 2. The first kappa shape index (κ1) is 33.1. The van der Waals surface area contributed by atoms with Gasteiger partial charge in [-0.1, -0.05) is 53.0 Å². The molecule has 7 rings (SSSR count). The molecule has 48 heavy (non-hydrogen) atoms. The number of ether oxygens (including phenoxy) is 1. The molecule has 1 aliphatic heterocycles. The quantitative estimate of drug-likeness (QED) is 0.119. The smallest absolute Gasteiger partial charge is 0.410 e. The molecule has 0 bridgehead atoms.